The number of halogens is 1. The van der Waals surface area contributed by atoms with E-state index in [0.29, 0.717) is 23.0 Å². The summed E-state index contributed by atoms with van der Waals surface area (Å²) in [5, 5.41) is 18.7. The Morgan fingerprint density at radius 2 is 1.95 bits per heavy atom. The smallest absolute Gasteiger partial charge is 0.407 e. The lowest BCUT2D eigenvalue weighted by atomic mass is 9.67. The molecule has 2 bridgehead atoms. The number of aromatic nitrogens is 2. The third kappa shape index (κ3) is 4.81. The van der Waals surface area contributed by atoms with Crippen LogP contribution in [0.2, 0.25) is 0 Å². The van der Waals surface area contributed by atoms with E-state index in [0.717, 1.165) is 19.3 Å². The first-order chi connectivity index (χ1) is 20.5. The van der Waals surface area contributed by atoms with Crippen LogP contribution in [0.15, 0.2) is 42.7 Å². The molecule has 1 spiro atoms. The highest BCUT2D eigenvalue weighted by atomic mass is 32.2. The Bertz CT molecular complexity index is 1620. The highest BCUT2D eigenvalue weighted by Crippen LogP contribution is 2.58. The van der Waals surface area contributed by atoms with Gasteiger partial charge in [0.1, 0.15) is 5.82 Å². The molecule has 0 radical (unpaired) electrons. The van der Waals surface area contributed by atoms with Gasteiger partial charge in [-0.1, -0.05) is 30.0 Å². The predicted molar refractivity (Wildman–Crippen MR) is 158 cm³/mol. The molecule has 43 heavy (non-hydrogen) atoms. The second kappa shape index (κ2) is 10.1. The van der Waals surface area contributed by atoms with Crippen molar-refractivity contribution >= 4 is 44.5 Å². The molecule has 2 aromatic rings. The second-order valence-corrected chi connectivity index (χ2v) is 15.6. The number of carboxylic acid groups (broad SMARTS) is 1. The Morgan fingerprint density at radius 3 is 2.65 bits per heavy atom. The van der Waals surface area contributed by atoms with Crippen molar-refractivity contribution < 1.29 is 27.5 Å². The monoisotopic (exact) mass is 629 g/mol. The Balaban J connectivity index is 1.25. The lowest BCUT2D eigenvalue weighted by Crippen LogP contribution is -2.70. The molecule has 12 nitrogen and oxygen atoms in total. The molecule has 4 fully saturated rings. The van der Waals surface area contributed by atoms with Crippen molar-refractivity contribution in [1.29, 1.82) is 0 Å². The van der Waals surface area contributed by atoms with Crippen molar-refractivity contribution in [2.24, 2.45) is 5.41 Å². The summed E-state index contributed by atoms with van der Waals surface area (Å²) >= 11 is 1.26. The van der Waals surface area contributed by atoms with Gasteiger partial charge in [-0.25, -0.2) is 27.6 Å². The van der Waals surface area contributed by atoms with Crippen LogP contribution in [0, 0.1) is 11.2 Å². The van der Waals surface area contributed by atoms with Crippen molar-refractivity contribution in [2.45, 2.75) is 61.6 Å². The number of likely N-dealkylation sites (tertiary alicyclic amines) is 1. The average Bonchev–Trinajstić information content (AvgIpc) is 3.47. The maximum absolute atomic E-state index is 15.8. The van der Waals surface area contributed by atoms with Crippen molar-refractivity contribution in [3.8, 4) is 0 Å². The normalized spacial score (nSPS) is 30.4. The number of piperazine rings is 1. The fourth-order valence-electron chi connectivity index (χ4n) is 7.61. The number of nitrogens with one attached hydrogen (secondary N) is 3. The number of amides is 2. The summed E-state index contributed by atoms with van der Waals surface area (Å²) in [6.07, 6.45) is 5.13. The topological polar surface area (TPSA) is 157 Å². The zero-order valence-electron chi connectivity index (χ0n) is 23.4. The summed E-state index contributed by atoms with van der Waals surface area (Å²) in [6.45, 7) is 1.59. The maximum atomic E-state index is 15.8. The Hall–Kier alpha value is -3.43. The largest absolute Gasteiger partial charge is 0.465 e. The summed E-state index contributed by atoms with van der Waals surface area (Å²) in [4.78, 5) is 34.9. The highest BCUT2D eigenvalue weighted by Gasteiger charge is 2.61. The standard InChI is InChI=1S/C28H32FN7O5S2/c1-16(37)34-36-13-23(21-8-9-30-25(33-21)32-18-10-27(11-18)14-43(40,41)15-27)42-28(36,19-4-2-3-5-20(19)29)24-22-7-6-17(31-22)12-35(24)26(38)39/h2-5,8-9,13,17-18,22,24,31H,6-7,10-12,14-15H2,1H3,(H,34,37)(H,38,39)(H,30,32,33). The summed E-state index contributed by atoms with van der Waals surface area (Å²) in [5.74, 6) is -0.0841. The number of hydrogen-bond acceptors (Lipinski definition) is 10. The molecular formula is C28H32FN7O5S2. The number of benzene rings is 1. The molecule has 4 unspecified atom stereocenters. The molecule has 4 atom stereocenters. The van der Waals surface area contributed by atoms with Gasteiger partial charge in [0, 0.05) is 55.0 Å². The van der Waals surface area contributed by atoms with Crippen LogP contribution in [-0.2, 0) is 19.5 Å². The van der Waals surface area contributed by atoms with E-state index in [4.69, 9.17) is 4.98 Å². The van der Waals surface area contributed by atoms with Crippen molar-refractivity contribution in [2.75, 3.05) is 23.4 Å². The number of nitrogens with zero attached hydrogens (tertiary/aromatic N) is 4. The second-order valence-electron chi connectivity index (χ2n) is 12.3. The Kier molecular flexibility index (Phi) is 6.63. The van der Waals surface area contributed by atoms with Gasteiger partial charge in [-0.3, -0.25) is 20.1 Å². The van der Waals surface area contributed by atoms with Gasteiger partial charge in [0.15, 0.2) is 14.7 Å². The van der Waals surface area contributed by atoms with Crippen molar-refractivity contribution in [3.63, 3.8) is 0 Å². The van der Waals surface area contributed by atoms with E-state index in [1.54, 1.807) is 36.7 Å². The molecular weight excluding hydrogens is 597 g/mol. The first kappa shape index (κ1) is 28.3. The zero-order chi connectivity index (χ0) is 30.1. The lowest BCUT2D eigenvalue weighted by Gasteiger charge is -2.53. The molecule has 2 amide bonds. The van der Waals surface area contributed by atoms with E-state index >= 15 is 4.39 Å². The molecule has 1 aliphatic carbocycles. The van der Waals surface area contributed by atoms with E-state index < -0.39 is 38.6 Å². The van der Waals surface area contributed by atoms with Gasteiger partial charge in [-0.2, -0.15) is 0 Å². The summed E-state index contributed by atoms with van der Waals surface area (Å²) in [7, 11) is -2.91. The average molecular weight is 630 g/mol. The van der Waals surface area contributed by atoms with Crippen LogP contribution >= 0.6 is 11.8 Å². The minimum Gasteiger partial charge on any atom is -0.465 e. The number of hydrogen-bond donors (Lipinski definition) is 4. The zero-order valence-corrected chi connectivity index (χ0v) is 25.0. The van der Waals surface area contributed by atoms with Crippen LogP contribution in [-0.4, -0.2) is 87.6 Å². The minimum absolute atomic E-state index is 0.00394. The molecule has 1 aromatic heterocycles. The van der Waals surface area contributed by atoms with Gasteiger partial charge < -0.3 is 15.7 Å². The lowest BCUT2D eigenvalue weighted by molar-refractivity contribution is -0.124. The Labute approximate surface area is 252 Å². The van der Waals surface area contributed by atoms with E-state index in [1.165, 1.54) is 34.7 Å². The molecule has 7 rings (SSSR count). The summed E-state index contributed by atoms with van der Waals surface area (Å²) < 4.78 is 39.2. The molecule has 228 valence electrons. The number of thioether (sulfide) groups is 1. The van der Waals surface area contributed by atoms with Gasteiger partial charge in [-0.05, 0) is 37.8 Å². The summed E-state index contributed by atoms with van der Waals surface area (Å²) in [5.41, 5.74) is 3.46. The number of fused-ring (bicyclic) bond motifs is 2. The van der Waals surface area contributed by atoms with Crippen molar-refractivity contribution in [3.05, 3.63) is 59.8 Å². The van der Waals surface area contributed by atoms with E-state index in [9.17, 15) is 23.1 Å². The molecule has 1 aromatic carbocycles. The van der Waals surface area contributed by atoms with Gasteiger partial charge in [-0.15, -0.1) is 0 Å². The van der Waals surface area contributed by atoms with Crippen LogP contribution in [0.3, 0.4) is 0 Å². The number of rotatable bonds is 6. The first-order valence-corrected chi connectivity index (χ1v) is 16.9. The van der Waals surface area contributed by atoms with Crippen molar-refractivity contribution in [1.82, 2.24) is 30.6 Å². The molecule has 3 saturated heterocycles. The van der Waals surface area contributed by atoms with Crippen LogP contribution < -0.4 is 16.1 Å². The number of anilines is 1. The number of carbonyl (C=O) groups is 2. The number of carbonyl (C=O) groups excluding carboxylic acids is 1. The van der Waals surface area contributed by atoms with Gasteiger partial charge in [0.2, 0.25) is 11.9 Å². The molecule has 4 N–H and O–H groups in total. The molecule has 5 heterocycles. The highest BCUT2D eigenvalue weighted by molar-refractivity contribution is 8.09. The molecule has 1 saturated carbocycles. The number of sulfone groups is 1. The van der Waals surface area contributed by atoms with Crippen LogP contribution in [0.1, 0.15) is 43.9 Å². The van der Waals surface area contributed by atoms with Gasteiger partial charge in [0.25, 0.3) is 0 Å². The quantitative estimate of drug-likeness (QED) is 0.372. The third-order valence-corrected chi connectivity index (χ3v) is 12.7. The first-order valence-electron chi connectivity index (χ1n) is 14.3. The maximum Gasteiger partial charge on any atom is 0.407 e. The third-order valence-electron chi connectivity index (χ3n) is 9.12. The van der Waals surface area contributed by atoms with E-state index in [1.807, 2.05) is 0 Å². The van der Waals surface area contributed by atoms with Gasteiger partial charge >= 0.3 is 6.09 Å². The van der Waals surface area contributed by atoms with Crippen LogP contribution in [0.5, 0.6) is 0 Å². The van der Waals surface area contributed by atoms with E-state index in [2.05, 4.69) is 21.0 Å². The fourth-order valence-corrected chi connectivity index (χ4v) is 11.5. The SMILES string of the molecule is CC(=O)NN1C=C(c2ccnc(NC3CC4(C3)CS(=O)(=O)C4)n2)SC1(c1ccccc1F)C1C2CCC(CN1C(=O)O)N2. The van der Waals surface area contributed by atoms with E-state index in [-0.39, 0.29) is 47.2 Å². The number of hydrazine groups is 1. The summed E-state index contributed by atoms with van der Waals surface area (Å²) in [6, 6.07) is 6.98. The predicted octanol–water partition coefficient (Wildman–Crippen LogP) is 2.34. The Morgan fingerprint density at radius 1 is 1.19 bits per heavy atom. The fraction of sp³-hybridized carbons (Fsp3) is 0.500. The molecule has 4 aliphatic heterocycles. The minimum atomic E-state index is -2.91. The van der Waals surface area contributed by atoms with Gasteiger partial charge in [0.05, 0.1) is 28.1 Å². The van der Waals surface area contributed by atoms with Crippen LogP contribution in [0.4, 0.5) is 15.1 Å². The molecule has 15 heteroatoms. The van der Waals surface area contributed by atoms with Crippen LogP contribution in [0.25, 0.3) is 4.91 Å². The molecule has 5 aliphatic rings.